The number of aromatic nitrogens is 1. The van der Waals surface area contributed by atoms with Gasteiger partial charge < -0.3 is 18.9 Å². The first-order valence-corrected chi connectivity index (χ1v) is 12.9. The van der Waals surface area contributed by atoms with Crippen molar-refractivity contribution in [3.8, 4) is 5.75 Å². The molecule has 1 spiro atoms. The molecule has 208 valence electrons. The minimum absolute atomic E-state index is 0.171. The van der Waals surface area contributed by atoms with E-state index in [9.17, 15) is 22.8 Å². The van der Waals surface area contributed by atoms with Gasteiger partial charge in [-0.05, 0) is 58.2 Å². The number of halogens is 3. The van der Waals surface area contributed by atoms with Gasteiger partial charge in [0.2, 0.25) is 0 Å². The lowest BCUT2D eigenvalue weighted by atomic mass is 9.76. The van der Waals surface area contributed by atoms with Crippen LogP contribution in [0.25, 0.3) is 0 Å². The molecular formula is C27H34F3N3O5. The largest absolute Gasteiger partial charge is 0.493 e. The minimum atomic E-state index is -5.16. The predicted octanol–water partition coefficient (Wildman–Crippen LogP) is 4.89. The van der Waals surface area contributed by atoms with Crippen LogP contribution >= 0.6 is 0 Å². The van der Waals surface area contributed by atoms with Gasteiger partial charge in [-0.2, -0.15) is 13.2 Å². The Bertz CT molecular complexity index is 1140. The molecule has 1 atom stereocenters. The number of ether oxygens (including phenoxy) is 2. The lowest BCUT2D eigenvalue weighted by Gasteiger charge is -2.43. The number of para-hydroxylation sites is 1. The van der Waals surface area contributed by atoms with Crippen molar-refractivity contribution in [3.05, 3.63) is 46.8 Å². The summed E-state index contributed by atoms with van der Waals surface area (Å²) in [7, 11) is 0. The number of carbonyl (C=O) groups excluding carboxylic acids is 2. The Hall–Kier alpha value is -3.08. The third-order valence-electron chi connectivity index (χ3n) is 7.41. The number of hydrogen-bond acceptors (Lipinski definition) is 7. The minimum Gasteiger partial charge on any atom is -0.493 e. The van der Waals surface area contributed by atoms with Gasteiger partial charge in [0.25, 0.3) is 5.91 Å². The zero-order valence-electron chi connectivity index (χ0n) is 22.1. The van der Waals surface area contributed by atoms with E-state index in [4.69, 9.17) is 14.0 Å². The van der Waals surface area contributed by atoms with Crippen molar-refractivity contribution < 1.29 is 36.8 Å². The van der Waals surface area contributed by atoms with Crippen molar-refractivity contribution in [1.29, 1.82) is 0 Å². The van der Waals surface area contributed by atoms with Crippen molar-refractivity contribution in [2.24, 2.45) is 11.3 Å². The van der Waals surface area contributed by atoms with Gasteiger partial charge >= 0.3 is 12.1 Å². The molecule has 1 amide bonds. The SMILES string of the molecule is Cc1noc(C)c1C(=O)N1CCC2(CCN(Cc3ccccc3OCC(C)C)CC2)C1OC(=O)C(F)(F)F. The third-order valence-corrected chi connectivity index (χ3v) is 7.41. The second kappa shape index (κ2) is 11.0. The summed E-state index contributed by atoms with van der Waals surface area (Å²) in [5.74, 6) is -1.37. The Balaban J connectivity index is 1.51. The first-order chi connectivity index (χ1) is 17.9. The fourth-order valence-corrected chi connectivity index (χ4v) is 5.34. The molecule has 1 aromatic carbocycles. The first-order valence-electron chi connectivity index (χ1n) is 12.9. The quantitative estimate of drug-likeness (QED) is 0.465. The standard InChI is InChI=1S/C27H34F3N3O5/c1-17(2)16-36-21-8-6-5-7-20(21)15-32-12-9-26(10-13-32)11-14-33(24(26)37-25(35)27(28,29)30)23(34)22-18(3)31-38-19(22)4/h5-8,17,24H,9-16H2,1-4H3. The van der Waals surface area contributed by atoms with E-state index in [1.54, 1.807) is 13.8 Å². The van der Waals surface area contributed by atoms with Crippen molar-refractivity contribution in [2.45, 2.75) is 65.9 Å². The van der Waals surface area contributed by atoms with Crippen LogP contribution < -0.4 is 4.74 Å². The fraction of sp³-hybridized carbons (Fsp3) is 0.593. The van der Waals surface area contributed by atoms with Gasteiger partial charge in [-0.3, -0.25) is 9.69 Å². The highest BCUT2D eigenvalue weighted by molar-refractivity contribution is 5.96. The van der Waals surface area contributed by atoms with E-state index in [0.717, 1.165) is 11.3 Å². The lowest BCUT2D eigenvalue weighted by molar-refractivity contribution is -0.217. The second-order valence-electron chi connectivity index (χ2n) is 10.7. The predicted molar refractivity (Wildman–Crippen MR) is 131 cm³/mol. The molecule has 1 aromatic heterocycles. The zero-order chi connectivity index (χ0) is 27.7. The maximum absolute atomic E-state index is 13.4. The molecule has 1 unspecified atom stereocenters. The van der Waals surface area contributed by atoms with Crippen molar-refractivity contribution in [2.75, 3.05) is 26.2 Å². The number of carbonyl (C=O) groups is 2. The van der Waals surface area contributed by atoms with Crippen LogP contribution in [0.2, 0.25) is 0 Å². The van der Waals surface area contributed by atoms with Gasteiger partial charge in [-0.1, -0.05) is 37.2 Å². The Morgan fingerprint density at radius 1 is 1.13 bits per heavy atom. The number of benzene rings is 1. The summed E-state index contributed by atoms with van der Waals surface area (Å²) >= 11 is 0. The maximum atomic E-state index is 13.4. The monoisotopic (exact) mass is 537 g/mol. The van der Waals surface area contributed by atoms with Crippen molar-refractivity contribution in [1.82, 2.24) is 15.0 Å². The number of esters is 1. The Morgan fingerprint density at radius 3 is 2.39 bits per heavy atom. The molecular weight excluding hydrogens is 503 g/mol. The number of piperidine rings is 1. The highest BCUT2D eigenvalue weighted by Crippen LogP contribution is 2.47. The molecule has 2 saturated heterocycles. The number of alkyl halides is 3. The molecule has 0 aliphatic carbocycles. The summed E-state index contributed by atoms with van der Waals surface area (Å²) in [5, 5.41) is 3.79. The molecule has 8 nitrogen and oxygen atoms in total. The molecule has 4 rings (SSSR count). The number of nitrogens with zero attached hydrogens (tertiary/aromatic N) is 3. The summed E-state index contributed by atoms with van der Waals surface area (Å²) in [5.41, 5.74) is 0.776. The zero-order valence-corrected chi connectivity index (χ0v) is 22.1. The molecule has 2 aliphatic heterocycles. The van der Waals surface area contributed by atoms with E-state index >= 15 is 0 Å². The van der Waals surface area contributed by atoms with Gasteiger partial charge in [0.15, 0.2) is 6.23 Å². The van der Waals surface area contributed by atoms with Crippen molar-refractivity contribution in [3.63, 3.8) is 0 Å². The molecule has 38 heavy (non-hydrogen) atoms. The molecule has 0 saturated carbocycles. The van der Waals surface area contributed by atoms with Crippen LogP contribution in [0.15, 0.2) is 28.8 Å². The Labute approximate surface area is 220 Å². The van der Waals surface area contributed by atoms with Gasteiger partial charge in [0.1, 0.15) is 17.1 Å². The normalized spacial score (nSPS) is 19.8. The summed E-state index contributed by atoms with van der Waals surface area (Å²) in [6.07, 6.45) is -5.12. The molecule has 2 aromatic rings. The van der Waals surface area contributed by atoms with E-state index in [0.29, 0.717) is 57.1 Å². The van der Waals surface area contributed by atoms with Gasteiger partial charge in [-0.15, -0.1) is 0 Å². The molecule has 2 aliphatic rings. The molecule has 2 fully saturated rings. The van der Waals surface area contributed by atoms with Gasteiger partial charge in [0, 0.05) is 24.1 Å². The average Bonchev–Trinajstić information content (AvgIpc) is 3.38. The van der Waals surface area contributed by atoms with Crippen LogP contribution in [-0.4, -0.2) is 65.5 Å². The van der Waals surface area contributed by atoms with Crippen LogP contribution in [0.1, 0.15) is 60.5 Å². The Kier molecular flexibility index (Phi) is 8.06. The number of aryl methyl sites for hydroxylation is 2. The van der Waals surface area contributed by atoms with Crippen LogP contribution in [0.4, 0.5) is 13.2 Å². The second-order valence-corrected chi connectivity index (χ2v) is 10.7. The van der Waals surface area contributed by atoms with E-state index in [1.807, 2.05) is 24.3 Å². The van der Waals surface area contributed by atoms with Gasteiger partial charge in [-0.25, -0.2) is 4.79 Å². The third kappa shape index (κ3) is 5.82. The molecule has 0 N–H and O–H groups in total. The van der Waals surface area contributed by atoms with E-state index in [-0.39, 0.29) is 17.9 Å². The van der Waals surface area contributed by atoms with E-state index < -0.39 is 29.7 Å². The summed E-state index contributed by atoms with van der Waals surface area (Å²) in [6.45, 7) is 9.86. The van der Waals surface area contributed by atoms with Crippen LogP contribution in [0.5, 0.6) is 5.75 Å². The molecule has 0 radical (unpaired) electrons. The number of hydrogen-bond donors (Lipinski definition) is 0. The summed E-state index contributed by atoms with van der Waals surface area (Å²) in [4.78, 5) is 28.8. The van der Waals surface area contributed by atoms with Crippen molar-refractivity contribution >= 4 is 11.9 Å². The topological polar surface area (TPSA) is 85.1 Å². The summed E-state index contributed by atoms with van der Waals surface area (Å²) in [6, 6.07) is 7.82. The first kappa shape index (κ1) is 27.9. The summed E-state index contributed by atoms with van der Waals surface area (Å²) < 4.78 is 55.8. The highest BCUT2D eigenvalue weighted by atomic mass is 19.4. The average molecular weight is 538 g/mol. The van der Waals surface area contributed by atoms with E-state index in [1.165, 1.54) is 4.90 Å². The molecule has 11 heteroatoms. The maximum Gasteiger partial charge on any atom is 0.491 e. The molecule has 0 bridgehead atoms. The fourth-order valence-electron chi connectivity index (χ4n) is 5.34. The van der Waals surface area contributed by atoms with Crippen LogP contribution in [0.3, 0.4) is 0 Å². The molecule has 3 heterocycles. The number of rotatable bonds is 7. The lowest BCUT2D eigenvalue weighted by Crippen LogP contribution is -2.51. The van der Waals surface area contributed by atoms with Gasteiger partial charge in [0.05, 0.1) is 12.3 Å². The number of likely N-dealkylation sites (tertiary alicyclic amines) is 2. The highest BCUT2D eigenvalue weighted by Gasteiger charge is 2.55. The van der Waals surface area contributed by atoms with E-state index in [2.05, 4.69) is 23.9 Å². The smallest absolute Gasteiger partial charge is 0.491 e. The van der Waals surface area contributed by atoms with Crippen LogP contribution in [-0.2, 0) is 16.1 Å². The Morgan fingerprint density at radius 2 is 1.79 bits per heavy atom. The number of amides is 1. The van der Waals surface area contributed by atoms with Crippen LogP contribution in [0, 0.1) is 25.2 Å².